The monoisotopic (exact) mass is 264 g/mol. The minimum Gasteiger partial charge on any atom is -0.476 e. The summed E-state index contributed by atoms with van der Waals surface area (Å²) in [4.78, 5) is 13.1. The fourth-order valence-corrected chi connectivity index (χ4v) is 2.30. The van der Waals surface area contributed by atoms with Crippen LogP contribution < -0.4 is 5.32 Å². The topological polar surface area (TPSA) is 78.4 Å². The predicted octanol–water partition coefficient (Wildman–Crippen LogP) is 1.32. The summed E-state index contributed by atoms with van der Waals surface area (Å²) in [6, 6.07) is 3.13. The Morgan fingerprint density at radius 3 is 2.68 bits per heavy atom. The maximum absolute atomic E-state index is 10.6. The predicted molar refractivity (Wildman–Crippen MR) is 72.3 cm³/mol. The van der Waals surface area contributed by atoms with Crippen molar-refractivity contribution in [3.05, 3.63) is 17.8 Å². The Bertz CT molecular complexity index is 413. The quantitative estimate of drug-likeness (QED) is 0.835. The van der Waals surface area contributed by atoms with Crippen LogP contribution in [0.4, 0.5) is 5.82 Å². The number of nitrogens with one attached hydrogen (secondary N) is 1. The van der Waals surface area contributed by atoms with Gasteiger partial charge in [0, 0.05) is 6.54 Å². The molecule has 0 bridgehead atoms. The smallest absolute Gasteiger partial charge is 0.356 e. The van der Waals surface area contributed by atoms with Crippen LogP contribution in [0.2, 0.25) is 0 Å². The van der Waals surface area contributed by atoms with Crippen molar-refractivity contribution in [3.8, 4) is 0 Å². The fourth-order valence-electron chi connectivity index (χ4n) is 2.30. The van der Waals surface area contributed by atoms with E-state index < -0.39 is 5.97 Å². The van der Waals surface area contributed by atoms with Gasteiger partial charge in [0.1, 0.15) is 5.82 Å². The molecule has 6 heteroatoms. The third-order valence-corrected chi connectivity index (χ3v) is 3.61. The van der Waals surface area contributed by atoms with Crippen LogP contribution in [-0.4, -0.2) is 52.4 Å². The first-order chi connectivity index (χ1) is 9.19. The highest BCUT2D eigenvalue weighted by atomic mass is 16.4. The standard InChI is InChI=1S/C13H20N4O2/c1-2-17-7-5-10(6-8-17)9-14-12-4-3-11(13(18)19)15-16-12/h3-4,10H,2,5-9H2,1H3,(H,14,16)(H,18,19). The van der Waals surface area contributed by atoms with E-state index in [1.807, 2.05) is 0 Å². The third-order valence-electron chi connectivity index (χ3n) is 3.61. The minimum absolute atomic E-state index is 0.0261. The first kappa shape index (κ1) is 13.7. The lowest BCUT2D eigenvalue weighted by Crippen LogP contribution is -2.35. The summed E-state index contributed by atoms with van der Waals surface area (Å²) < 4.78 is 0. The number of rotatable bonds is 5. The van der Waals surface area contributed by atoms with Crippen molar-refractivity contribution < 1.29 is 9.90 Å². The van der Waals surface area contributed by atoms with Crippen molar-refractivity contribution in [2.75, 3.05) is 31.5 Å². The highest BCUT2D eigenvalue weighted by Gasteiger charge is 2.17. The number of hydrogen-bond donors (Lipinski definition) is 2. The minimum atomic E-state index is -1.05. The summed E-state index contributed by atoms with van der Waals surface area (Å²) in [7, 11) is 0. The molecule has 1 fully saturated rings. The van der Waals surface area contributed by atoms with Crippen LogP contribution in [0.5, 0.6) is 0 Å². The number of aromatic carboxylic acids is 1. The van der Waals surface area contributed by atoms with E-state index in [-0.39, 0.29) is 5.69 Å². The number of carbonyl (C=O) groups is 1. The Balaban J connectivity index is 1.78. The van der Waals surface area contributed by atoms with Crippen LogP contribution in [0.25, 0.3) is 0 Å². The van der Waals surface area contributed by atoms with E-state index in [0.717, 1.165) is 26.2 Å². The van der Waals surface area contributed by atoms with Crippen molar-refractivity contribution in [2.45, 2.75) is 19.8 Å². The molecule has 0 aliphatic carbocycles. The van der Waals surface area contributed by atoms with Gasteiger partial charge in [-0.15, -0.1) is 10.2 Å². The number of hydrogen-bond acceptors (Lipinski definition) is 5. The molecule has 0 unspecified atom stereocenters. The zero-order valence-electron chi connectivity index (χ0n) is 11.2. The SMILES string of the molecule is CCN1CCC(CNc2ccc(C(=O)O)nn2)CC1. The molecule has 0 amide bonds. The van der Waals surface area contributed by atoms with E-state index in [0.29, 0.717) is 11.7 Å². The molecule has 0 spiro atoms. The van der Waals surface area contributed by atoms with Crippen molar-refractivity contribution in [1.82, 2.24) is 15.1 Å². The Labute approximate surface area is 112 Å². The Kier molecular flexibility index (Phi) is 4.68. The lowest BCUT2D eigenvalue weighted by molar-refractivity contribution is 0.0689. The number of anilines is 1. The molecule has 19 heavy (non-hydrogen) atoms. The Morgan fingerprint density at radius 1 is 1.42 bits per heavy atom. The summed E-state index contributed by atoms with van der Waals surface area (Å²) in [6.45, 7) is 6.51. The molecule has 104 valence electrons. The maximum atomic E-state index is 10.6. The second-order valence-corrected chi connectivity index (χ2v) is 4.87. The molecule has 1 aromatic rings. The van der Waals surface area contributed by atoms with Crippen LogP contribution in [0.1, 0.15) is 30.3 Å². The van der Waals surface area contributed by atoms with Crippen molar-refractivity contribution in [1.29, 1.82) is 0 Å². The molecule has 2 heterocycles. The van der Waals surface area contributed by atoms with E-state index in [4.69, 9.17) is 5.11 Å². The van der Waals surface area contributed by atoms with Crippen molar-refractivity contribution in [2.24, 2.45) is 5.92 Å². The first-order valence-corrected chi connectivity index (χ1v) is 6.72. The van der Waals surface area contributed by atoms with Gasteiger partial charge in [0.15, 0.2) is 5.69 Å². The molecule has 1 aliphatic rings. The van der Waals surface area contributed by atoms with E-state index in [9.17, 15) is 4.79 Å². The number of piperidine rings is 1. The number of aromatic nitrogens is 2. The van der Waals surface area contributed by atoms with Crippen LogP contribution in [0.15, 0.2) is 12.1 Å². The maximum Gasteiger partial charge on any atom is 0.356 e. The van der Waals surface area contributed by atoms with Gasteiger partial charge in [-0.3, -0.25) is 0 Å². The van der Waals surface area contributed by atoms with Crippen molar-refractivity contribution in [3.63, 3.8) is 0 Å². The molecule has 1 saturated heterocycles. The van der Waals surface area contributed by atoms with Gasteiger partial charge in [0.25, 0.3) is 0 Å². The Hall–Kier alpha value is -1.69. The van der Waals surface area contributed by atoms with Gasteiger partial charge in [0.05, 0.1) is 0 Å². The Morgan fingerprint density at radius 2 is 2.16 bits per heavy atom. The lowest BCUT2D eigenvalue weighted by atomic mass is 9.97. The number of carboxylic acids is 1. The van der Waals surface area contributed by atoms with E-state index in [1.54, 1.807) is 6.07 Å². The molecule has 1 aromatic heterocycles. The molecule has 2 rings (SSSR count). The molecule has 2 N–H and O–H groups in total. The van der Waals surface area contributed by atoms with Crippen molar-refractivity contribution >= 4 is 11.8 Å². The lowest BCUT2D eigenvalue weighted by Gasteiger charge is -2.31. The van der Waals surface area contributed by atoms with Gasteiger partial charge in [0.2, 0.25) is 0 Å². The van der Waals surface area contributed by atoms with Gasteiger partial charge in [-0.25, -0.2) is 4.79 Å². The normalized spacial score (nSPS) is 17.3. The second-order valence-electron chi connectivity index (χ2n) is 4.87. The molecular formula is C13H20N4O2. The summed E-state index contributed by atoms with van der Waals surface area (Å²) in [5.74, 6) is 0.248. The fraction of sp³-hybridized carbons (Fsp3) is 0.615. The zero-order chi connectivity index (χ0) is 13.7. The van der Waals surface area contributed by atoms with Crippen LogP contribution in [0.3, 0.4) is 0 Å². The number of carboxylic acid groups (broad SMARTS) is 1. The zero-order valence-corrected chi connectivity index (χ0v) is 11.2. The molecule has 0 aromatic carbocycles. The van der Waals surface area contributed by atoms with Crippen LogP contribution in [0, 0.1) is 5.92 Å². The number of likely N-dealkylation sites (tertiary alicyclic amines) is 1. The van der Waals surface area contributed by atoms with Crippen LogP contribution >= 0.6 is 0 Å². The average molecular weight is 264 g/mol. The molecular weight excluding hydrogens is 244 g/mol. The third kappa shape index (κ3) is 3.89. The second kappa shape index (κ2) is 6.47. The molecule has 0 saturated carbocycles. The van der Waals surface area contributed by atoms with E-state index in [1.165, 1.54) is 18.9 Å². The molecule has 1 aliphatic heterocycles. The highest BCUT2D eigenvalue weighted by Crippen LogP contribution is 2.17. The summed E-state index contributed by atoms with van der Waals surface area (Å²) in [6.07, 6.45) is 2.39. The van der Waals surface area contributed by atoms with Gasteiger partial charge >= 0.3 is 5.97 Å². The van der Waals surface area contributed by atoms with E-state index in [2.05, 4.69) is 27.3 Å². The molecule has 6 nitrogen and oxygen atoms in total. The van der Waals surface area contributed by atoms with E-state index >= 15 is 0 Å². The average Bonchev–Trinajstić information content (AvgIpc) is 2.46. The summed E-state index contributed by atoms with van der Waals surface area (Å²) in [5.41, 5.74) is -0.0261. The first-order valence-electron chi connectivity index (χ1n) is 6.72. The van der Waals surface area contributed by atoms with Gasteiger partial charge in [-0.05, 0) is 50.5 Å². The van der Waals surface area contributed by atoms with Gasteiger partial charge in [-0.2, -0.15) is 0 Å². The number of nitrogens with zero attached hydrogens (tertiary/aromatic N) is 3. The van der Waals surface area contributed by atoms with Gasteiger partial charge < -0.3 is 15.3 Å². The van der Waals surface area contributed by atoms with Gasteiger partial charge in [-0.1, -0.05) is 6.92 Å². The largest absolute Gasteiger partial charge is 0.476 e. The molecule has 0 radical (unpaired) electrons. The van der Waals surface area contributed by atoms with Crippen LogP contribution in [-0.2, 0) is 0 Å². The summed E-state index contributed by atoms with van der Waals surface area (Å²) >= 11 is 0. The highest BCUT2D eigenvalue weighted by molar-refractivity contribution is 5.85. The molecule has 0 atom stereocenters. The summed E-state index contributed by atoms with van der Waals surface area (Å²) in [5, 5.41) is 19.5.